The van der Waals surface area contributed by atoms with Crippen molar-refractivity contribution >= 4 is 0 Å². The minimum absolute atomic E-state index is 0.157. The van der Waals surface area contributed by atoms with Gasteiger partial charge in [0.1, 0.15) is 0 Å². The first-order valence-corrected chi connectivity index (χ1v) is 6.87. The third kappa shape index (κ3) is 2.14. The van der Waals surface area contributed by atoms with Crippen molar-refractivity contribution in [3.63, 3.8) is 0 Å². The van der Waals surface area contributed by atoms with Gasteiger partial charge in [0.25, 0.3) is 0 Å². The predicted octanol–water partition coefficient (Wildman–Crippen LogP) is 2.94. The maximum absolute atomic E-state index is 5.62. The van der Waals surface area contributed by atoms with E-state index in [4.69, 9.17) is 9.47 Å². The van der Waals surface area contributed by atoms with Crippen LogP contribution < -0.4 is 14.8 Å². The molecule has 0 aliphatic carbocycles. The van der Waals surface area contributed by atoms with E-state index in [1.54, 1.807) is 14.2 Å². The van der Waals surface area contributed by atoms with Crippen LogP contribution in [0.5, 0.6) is 11.5 Å². The lowest BCUT2D eigenvalue weighted by Gasteiger charge is -2.29. The summed E-state index contributed by atoms with van der Waals surface area (Å²) < 4.78 is 11.1. The first kappa shape index (κ1) is 13.0. The van der Waals surface area contributed by atoms with Crippen molar-refractivity contribution in [1.82, 2.24) is 5.32 Å². The van der Waals surface area contributed by atoms with E-state index in [2.05, 4.69) is 35.6 Å². The maximum Gasteiger partial charge on any atom is 0.166 e. The van der Waals surface area contributed by atoms with Crippen molar-refractivity contribution in [2.24, 2.45) is 0 Å². The molecule has 104 valence electrons. The Bertz CT molecular complexity index is 595. The number of nitrogens with one attached hydrogen (secondary N) is 1. The summed E-state index contributed by atoms with van der Waals surface area (Å²) in [4.78, 5) is 0. The minimum Gasteiger partial charge on any atom is -0.493 e. The lowest BCUT2D eigenvalue weighted by molar-refractivity contribution is 0.346. The Kier molecular flexibility index (Phi) is 3.61. The van der Waals surface area contributed by atoms with E-state index in [1.165, 1.54) is 16.7 Å². The van der Waals surface area contributed by atoms with Crippen LogP contribution in [0, 0.1) is 0 Å². The van der Waals surface area contributed by atoms with Gasteiger partial charge in [0.05, 0.1) is 20.3 Å². The first-order valence-electron chi connectivity index (χ1n) is 6.87. The van der Waals surface area contributed by atoms with E-state index >= 15 is 0 Å². The van der Waals surface area contributed by atoms with Crippen molar-refractivity contribution < 1.29 is 9.47 Å². The van der Waals surface area contributed by atoms with Crippen LogP contribution >= 0.6 is 0 Å². The van der Waals surface area contributed by atoms with Crippen LogP contribution in [0.1, 0.15) is 22.7 Å². The van der Waals surface area contributed by atoms with Crippen LogP contribution in [0.25, 0.3) is 0 Å². The Morgan fingerprint density at radius 2 is 1.80 bits per heavy atom. The Labute approximate surface area is 119 Å². The topological polar surface area (TPSA) is 30.5 Å². The van der Waals surface area contributed by atoms with Crippen LogP contribution in [0.3, 0.4) is 0 Å². The fourth-order valence-corrected chi connectivity index (χ4v) is 2.91. The average molecular weight is 269 g/mol. The smallest absolute Gasteiger partial charge is 0.166 e. The highest BCUT2D eigenvalue weighted by Crippen LogP contribution is 2.41. The van der Waals surface area contributed by atoms with E-state index in [0.717, 1.165) is 24.5 Å². The monoisotopic (exact) mass is 269 g/mol. The van der Waals surface area contributed by atoms with E-state index in [-0.39, 0.29) is 6.04 Å². The SMILES string of the molecule is COc1ccc2c(c1OC)C(c1ccccc1)NCC2. The van der Waals surface area contributed by atoms with E-state index in [9.17, 15) is 0 Å². The maximum atomic E-state index is 5.62. The molecule has 2 aromatic carbocycles. The van der Waals surface area contributed by atoms with Gasteiger partial charge < -0.3 is 14.8 Å². The highest BCUT2D eigenvalue weighted by atomic mass is 16.5. The number of hydrogen-bond donors (Lipinski definition) is 1. The zero-order valence-electron chi connectivity index (χ0n) is 11.8. The lowest BCUT2D eigenvalue weighted by atomic mass is 9.89. The second kappa shape index (κ2) is 5.55. The van der Waals surface area contributed by atoms with Crippen molar-refractivity contribution in [2.45, 2.75) is 12.5 Å². The Morgan fingerprint density at radius 3 is 2.50 bits per heavy atom. The summed E-state index contributed by atoms with van der Waals surface area (Å²) in [6, 6.07) is 14.8. The van der Waals surface area contributed by atoms with Gasteiger partial charge in [-0.2, -0.15) is 0 Å². The fourth-order valence-electron chi connectivity index (χ4n) is 2.91. The molecule has 0 saturated carbocycles. The van der Waals surface area contributed by atoms with Gasteiger partial charge in [0.2, 0.25) is 0 Å². The molecule has 1 aliphatic heterocycles. The summed E-state index contributed by atoms with van der Waals surface area (Å²) >= 11 is 0. The number of hydrogen-bond acceptors (Lipinski definition) is 3. The van der Waals surface area contributed by atoms with Gasteiger partial charge in [-0.1, -0.05) is 36.4 Å². The van der Waals surface area contributed by atoms with Gasteiger partial charge in [0.15, 0.2) is 11.5 Å². The number of ether oxygens (including phenoxy) is 2. The molecule has 1 heterocycles. The molecule has 1 unspecified atom stereocenters. The van der Waals surface area contributed by atoms with E-state index < -0.39 is 0 Å². The molecule has 0 aromatic heterocycles. The normalized spacial score (nSPS) is 17.4. The summed E-state index contributed by atoms with van der Waals surface area (Å²) in [5.74, 6) is 1.63. The molecule has 20 heavy (non-hydrogen) atoms. The Hall–Kier alpha value is -2.00. The van der Waals surface area contributed by atoms with Crippen molar-refractivity contribution in [2.75, 3.05) is 20.8 Å². The summed E-state index contributed by atoms with van der Waals surface area (Å²) in [6.45, 7) is 0.974. The van der Waals surface area contributed by atoms with Crippen LogP contribution in [0.4, 0.5) is 0 Å². The molecule has 1 aliphatic rings. The van der Waals surface area contributed by atoms with Gasteiger partial charge in [-0.3, -0.25) is 0 Å². The highest BCUT2D eigenvalue weighted by Gasteiger charge is 2.27. The first-order chi connectivity index (χ1) is 9.85. The van der Waals surface area contributed by atoms with Crippen LogP contribution in [0.15, 0.2) is 42.5 Å². The quantitative estimate of drug-likeness (QED) is 0.929. The zero-order valence-corrected chi connectivity index (χ0v) is 11.8. The second-order valence-electron chi connectivity index (χ2n) is 4.92. The van der Waals surface area contributed by atoms with Crippen molar-refractivity contribution in [1.29, 1.82) is 0 Å². The predicted molar refractivity (Wildman–Crippen MR) is 79.5 cm³/mol. The molecular formula is C17H19NO2. The molecule has 1 N–H and O–H groups in total. The Balaban J connectivity index is 2.16. The number of methoxy groups -OCH3 is 2. The lowest BCUT2D eigenvalue weighted by Crippen LogP contribution is -2.31. The third-order valence-electron chi connectivity index (χ3n) is 3.84. The molecule has 3 heteroatoms. The molecule has 0 radical (unpaired) electrons. The summed E-state index contributed by atoms with van der Waals surface area (Å²) in [6.07, 6.45) is 1.01. The summed E-state index contributed by atoms with van der Waals surface area (Å²) in [5.41, 5.74) is 3.78. The van der Waals surface area contributed by atoms with Gasteiger partial charge in [-0.05, 0) is 23.6 Å². The average Bonchev–Trinajstić information content (AvgIpc) is 2.53. The molecule has 0 amide bonds. The minimum atomic E-state index is 0.157. The molecule has 0 saturated heterocycles. The van der Waals surface area contributed by atoms with Crippen LogP contribution in [0.2, 0.25) is 0 Å². The molecule has 0 fully saturated rings. The van der Waals surface area contributed by atoms with E-state index in [0.29, 0.717) is 0 Å². The van der Waals surface area contributed by atoms with E-state index in [1.807, 2.05) is 12.1 Å². The standard InChI is InChI=1S/C17H19NO2/c1-19-14-9-8-12-10-11-18-16(15(12)17(14)20-2)13-6-4-3-5-7-13/h3-9,16,18H,10-11H2,1-2H3. The molecule has 3 rings (SSSR count). The second-order valence-corrected chi connectivity index (χ2v) is 4.92. The molecule has 0 bridgehead atoms. The highest BCUT2D eigenvalue weighted by molar-refractivity contribution is 5.55. The molecule has 0 spiro atoms. The third-order valence-corrected chi connectivity index (χ3v) is 3.84. The summed E-state index contributed by atoms with van der Waals surface area (Å²) in [5, 5.41) is 3.58. The molecular weight excluding hydrogens is 250 g/mol. The summed E-state index contributed by atoms with van der Waals surface area (Å²) in [7, 11) is 3.38. The van der Waals surface area contributed by atoms with Crippen molar-refractivity contribution in [3.8, 4) is 11.5 Å². The van der Waals surface area contributed by atoms with Gasteiger partial charge in [-0.25, -0.2) is 0 Å². The molecule has 1 atom stereocenters. The largest absolute Gasteiger partial charge is 0.493 e. The van der Waals surface area contributed by atoms with Crippen molar-refractivity contribution in [3.05, 3.63) is 59.2 Å². The van der Waals surface area contributed by atoms with Gasteiger partial charge in [-0.15, -0.1) is 0 Å². The van der Waals surface area contributed by atoms with Crippen LogP contribution in [-0.2, 0) is 6.42 Å². The van der Waals surface area contributed by atoms with Gasteiger partial charge in [0, 0.05) is 12.1 Å². The van der Waals surface area contributed by atoms with Crippen LogP contribution in [-0.4, -0.2) is 20.8 Å². The zero-order chi connectivity index (χ0) is 13.9. The Morgan fingerprint density at radius 1 is 1.00 bits per heavy atom. The number of fused-ring (bicyclic) bond motifs is 1. The number of rotatable bonds is 3. The fraction of sp³-hybridized carbons (Fsp3) is 0.294. The van der Waals surface area contributed by atoms with Gasteiger partial charge >= 0.3 is 0 Å². The molecule has 3 nitrogen and oxygen atoms in total. The molecule has 2 aromatic rings. The number of benzene rings is 2.